The van der Waals surface area contributed by atoms with Crippen LogP contribution in [0.15, 0.2) is 42.5 Å². The molecule has 0 unspecified atom stereocenters. The zero-order valence-electron chi connectivity index (χ0n) is 11.1. The first-order valence-electron chi connectivity index (χ1n) is 6.09. The molecule has 8 heteroatoms. The first-order chi connectivity index (χ1) is 10.5. The number of hydrogen-bond donors (Lipinski definition) is 0. The molecule has 2 aromatic rings. The smallest absolute Gasteiger partial charge is 0.276 e. The molecule has 0 aliphatic rings. The van der Waals surface area contributed by atoms with Crippen LogP contribution in [0.25, 0.3) is 11.1 Å². The van der Waals surface area contributed by atoms with Gasteiger partial charge in [-0.3, -0.25) is 4.79 Å². The highest BCUT2D eigenvalue weighted by atomic mass is 35.5. The van der Waals surface area contributed by atoms with Gasteiger partial charge in [0, 0.05) is 5.56 Å². The molecule has 0 heterocycles. The quantitative estimate of drug-likeness (QED) is 0.495. The maximum Gasteiger partial charge on any atom is 0.417 e. The van der Waals surface area contributed by atoms with Crippen molar-refractivity contribution in [3.63, 3.8) is 0 Å². The van der Waals surface area contributed by atoms with Crippen LogP contribution < -0.4 is 0 Å². The van der Waals surface area contributed by atoms with Crippen molar-refractivity contribution in [2.45, 2.75) is 12.4 Å². The molecule has 23 heavy (non-hydrogen) atoms. The monoisotopic (exact) mass is 352 g/mol. The van der Waals surface area contributed by atoms with Crippen LogP contribution in [-0.4, -0.2) is 5.24 Å². The molecule has 0 aliphatic carbocycles. The van der Waals surface area contributed by atoms with Crippen molar-refractivity contribution in [2.75, 3.05) is 0 Å². The van der Waals surface area contributed by atoms with Crippen molar-refractivity contribution in [1.82, 2.24) is 0 Å². The molecule has 0 spiro atoms. The van der Waals surface area contributed by atoms with Crippen molar-refractivity contribution >= 4 is 16.8 Å². The van der Waals surface area contributed by atoms with Gasteiger partial charge < -0.3 is 0 Å². The number of carbonyl (C=O) groups is 1. The molecule has 1 nitrogen and oxygen atoms in total. The zero-order chi connectivity index (χ0) is 17.4. The molecule has 0 saturated heterocycles. The van der Waals surface area contributed by atoms with Crippen LogP contribution in [0, 0.1) is 0 Å². The van der Waals surface area contributed by atoms with E-state index in [-0.39, 0.29) is 11.1 Å². The van der Waals surface area contributed by atoms with E-state index in [1.54, 1.807) is 0 Å². The van der Waals surface area contributed by atoms with E-state index < -0.39 is 34.3 Å². The van der Waals surface area contributed by atoms with Crippen molar-refractivity contribution < 1.29 is 31.1 Å². The highest BCUT2D eigenvalue weighted by Gasteiger charge is 2.35. The standard InChI is InChI=1S/C15H7ClF6O/c16-13(23)11-6-3-9(7-12(11)15(20,21)22)8-1-4-10(5-2-8)14(17,18)19/h1-7H. The molecule has 2 rings (SSSR count). The number of benzene rings is 2. The van der Waals surface area contributed by atoms with Gasteiger partial charge in [-0.1, -0.05) is 18.2 Å². The van der Waals surface area contributed by atoms with Gasteiger partial charge in [0.15, 0.2) is 0 Å². The Balaban J connectivity index is 2.51. The van der Waals surface area contributed by atoms with Crippen LogP contribution >= 0.6 is 11.6 Å². The normalized spacial score (nSPS) is 12.3. The molecule has 0 fully saturated rings. The topological polar surface area (TPSA) is 17.1 Å². The second-order valence-electron chi connectivity index (χ2n) is 4.61. The summed E-state index contributed by atoms with van der Waals surface area (Å²) < 4.78 is 76.3. The van der Waals surface area contributed by atoms with Crippen molar-refractivity contribution in [3.8, 4) is 11.1 Å². The molecule has 0 N–H and O–H groups in total. The van der Waals surface area contributed by atoms with E-state index in [0.717, 1.165) is 30.3 Å². The Morgan fingerprint density at radius 2 is 1.30 bits per heavy atom. The van der Waals surface area contributed by atoms with E-state index in [2.05, 4.69) is 0 Å². The van der Waals surface area contributed by atoms with E-state index >= 15 is 0 Å². The van der Waals surface area contributed by atoms with Gasteiger partial charge in [0.1, 0.15) is 0 Å². The molecular weight excluding hydrogens is 346 g/mol. The van der Waals surface area contributed by atoms with Crippen molar-refractivity contribution in [3.05, 3.63) is 59.2 Å². The molecule has 2 aromatic carbocycles. The lowest BCUT2D eigenvalue weighted by molar-refractivity contribution is -0.138. The van der Waals surface area contributed by atoms with Crippen molar-refractivity contribution in [1.29, 1.82) is 0 Å². The summed E-state index contributed by atoms with van der Waals surface area (Å²) in [5.41, 5.74) is -2.70. The van der Waals surface area contributed by atoms with Gasteiger partial charge >= 0.3 is 12.4 Å². The average Bonchev–Trinajstić information content (AvgIpc) is 2.45. The molecule has 0 amide bonds. The predicted octanol–water partition coefficient (Wildman–Crippen LogP) is 5.77. The fourth-order valence-corrected chi connectivity index (χ4v) is 2.15. The number of halogens is 7. The minimum Gasteiger partial charge on any atom is -0.276 e. The number of carbonyl (C=O) groups excluding carboxylic acids is 1. The van der Waals surface area contributed by atoms with E-state index in [9.17, 15) is 31.1 Å². The van der Waals surface area contributed by atoms with E-state index in [1.807, 2.05) is 0 Å². The van der Waals surface area contributed by atoms with E-state index in [0.29, 0.717) is 6.07 Å². The van der Waals surface area contributed by atoms with Crippen molar-refractivity contribution in [2.24, 2.45) is 0 Å². The van der Waals surface area contributed by atoms with Crippen LogP contribution in [-0.2, 0) is 12.4 Å². The summed E-state index contributed by atoms with van der Waals surface area (Å²) in [6.45, 7) is 0. The molecule has 0 aliphatic heterocycles. The molecular formula is C15H7ClF6O. The third kappa shape index (κ3) is 3.85. The summed E-state index contributed by atoms with van der Waals surface area (Å²) in [6.07, 6.45) is -9.35. The number of hydrogen-bond acceptors (Lipinski definition) is 1. The molecule has 0 bridgehead atoms. The lowest BCUT2D eigenvalue weighted by atomic mass is 9.98. The summed E-state index contributed by atoms with van der Waals surface area (Å²) in [6, 6.07) is 6.41. The molecule has 0 atom stereocenters. The highest BCUT2D eigenvalue weighted by Crippen LogP contribution is 2.36. The second kappa shape index (κ2) is 5.88. The minimum absolute atomic E-state index is 0.0210. The number of rotatable bonds is 2. The Morgan fingerprint density at radius 1 is 0.783 bits per heavy atom. The Hall–Kier alpha value is -2.02. The number of alkyl halides is 6. The van der Waals surface area contributed by atoms with Gasteiger partial charge in [-0.2, -0.15) is 26.3 Å². The molecule has 0 aromatic heterocycles. The average molecular weight is 353 g/mol. The summed E-state index contributed by atoms with van der Waals surface area (Å²) in [5.74, 6) is 0. The Labute approximate surface area is 131 Å². The highest BCUT2D eigenvalue weighted by molar-refractivity contribution is 6.67. The van der Waals surface area contributed by atoms with Gasteiger partial charge in [0.2, 0.25) is 0 Å². The summed E-state index contributed by atoms with van der Waals surface area (Å²) >= 11 is 5.12. The van der Waals surface area contributed by atoms with Crippen LogP contribution in [0.1, 0.15) is 21.5 Å². The minimum atomic E-state index is -4.82. The predicted molar refractivity (Wildman–Crippen MR) is 72.1 cm³/mol. The van der Waals surface area contributed by atoms with Gasteiger partial charge in [-0.15, -0.1) is 0 Å². The molecule has 0 saturated carbocycles. The SMILES string of the molecule is O=C(Cl)c1ccc(-c2ccc(C(F)(F)F)cc2)cc1C(F)(F)F. The maximum absolute atomic E-state index is 13.0. The Morgan fingerprint density at radius 3 is 1.74 bits per heavy atom. The largest absolute Gasteiger partial charge is 0.417 e. The van der Waals surface area contributed by atoms with Gasteiger partial charge in [-0.05, 0) is 47.0 Å². The fourth-order valence-electron chi connectivity index (χ4n) is 1.98. The van der Waals surface area contributed by atoms with Crippen LogP contribution in [0.4, 0.5) is 26.3 Å². The molecule has 122 valence electrons. The maximum atomic E-state index is 13.0. The molecule has 0 radical (unpaired) electrons. The summed E-state index contributed by atoms with van der Waals surface area (Å²) in [5, 5.41) is -1.27. The zero-order valence-corrected chi connectivity index (χ0v) is 11.9. The van der Waals surface area contributed by atoms with Crippen LogP contribution in [0.5, 0.6) is 0 Å². The van der Waals surface area contributed by atoms with Gasteiger partial charge in [-0.25, -0.2) is 0 Å². The third-order valence-corrected chi connectivity index (χ3v) is 3.29. The summed E-state index contributed by atoms with van der Waals surface area (Å²) in [7, 11) is 0. The van der Waals surface area contributed by atoms with E-state index in [4.69, 9.17) is 11.6 Å². The Kier molecular flexibility index (Phi) is 4.43. The van der Waals surface area contributed by atoms with Gasteiger partial charge in [0.25, 0.3) is 5.24 Å². The lowest BCUT2D eigenvalue weighted by Gasteiger charge is -2.13. The van der Waals surface area contributed by atoms with Gasteiger partial charge in [0.05, 0.1) is 11.1 Å². The third-order valence-electron chi connectivity index (χ3n) is 3.08. The van der Waals surface area contributed by atoms with E-state index in [1.165, 1.54) is 6.07 Å². The first kappa shape index (κ1) is 17.3. The van der Waals surface area contributed by atoms with Crippen LogP contribution in [0.3, 0.4) is 0 Å². The second-order valence-corrected chi connectivity index (χ2v) is 4.95. The lowest BCUT2D eigenvalue weighted by Crippen LogP contribution is -2.11. The Bertz CT molecular complexity index is 731. The first-order valence-corrected chi connectivity index (χ1v) is 6.46. The summed E-state index contributed by atoms with van der Waals surface area (Å²) in [4.78, 5) is 11.1. The fraction of sp³-hybridized carbons (Fsp3) is 0.133. The van der Waals surface area contributed by atoms with Crippen LogP contribution in [0.2, 0.25) is 0 Å².